The number of carbonyl (C=O) groups is 5. The molecule has 1 saturated heterocycles. The van der Waals surface area contributed by atoms with Crippen molar-refractivity contribution in [3.05, 3.63) is 77.4 Å². The molecule has 1 aliphatic rings. The molecule has 1 unspecified atom stereocenters. The fourth-order valence-corrected chi connectivity index (χ4v) is 4.05. The largest absolute Gasteiger partial charge is 0.465 e. The van der Waals surface area contributed by atoms with Crippen molar-refractivity contribution in [3.8, 4) is 0 Å². The van der Waals surface area contributed by atoms with Gasteiger partial charge in [0, 0.05) is 5.69 Å². The highest BCUT2D eigenvalue weighted by Crippen LogP contribution is 2.31. The number of imide groups is 1. The number of methoxy groups -OCH3 is 2. The number of rotatable bonds is 6. The van der Waals surface area contributed by atoms with Crippen LogP contribution < -0.4 is 10.6 Å². The molecule has 1 atom stereocenters. The van der Waals surface area contributed by atoms with Crippen LogP contribution in [0.3, 0.4) is 0 Å². The maximum Gasteiger partial charge on any atom is 0.337 e. The van der Waals surface area contributed by atoms with Crippen LogP contribution in [0.1, 0.15) is 33.2 Å². The lowest BCUT2D eigenvalue weighted by atomic mass is 9.90. The zero-order valence-electron chi connectivity index (χ0n) is 19.8. The highest BCUT2D eigenvalue weighted by molar-refractivity contribution is 6.10. The number of urea groups is 1. The first-order valence-corrected chi connectivity index (χ1v) is 10.9. The average molecular weight is 489 g/mol. The van der Waals surface area contributed by atoms with Gasteiger partial charge in [-0.05, 0) is 47.5 Å². The van der Waals surface area contributed by atoms with Crippen molar-refractivity contribution < 1.29 is 33.4 Å². The van der Waals surface area contributed by atoms with Crippen molar-refractivity contribution in [2.45, 2.75) is 12.5 Å². The molecule has 4 rings (SSSR count). The maximum absolute atomic E-state index is 13.3. The summed E-state index contributed by atoms with van der Waals surface area (Å²) >= 11 is 0. The van der Waals surface area contributed by atoms with Gasteiger partial charge < -0.3 is 20.1 Å². The smallest absolute Gasteiger partial charge is 0.337 e. The normalized spacial score (nSPS) is 17.0. The summed E-state index contributed by atoms with van der Waals surface area (Å²) in [6.45, 7) is 1.00. The lowest BCUT2D eigenvalue weighted by molar-refractivity contribution is -0.133. The van der Waals surface area contributed by atoms with E-state index in [0.717, 1.165) is 15.7 Å². The molecule has 3 aromatic rings. The van der Waals surface area contributed by atoms with Crippen LogP contribution in [0.2, 0.25) is 0 Å². The van der Waals surface area contributed by atoms with E-state index in [4.69, 9.17) is 0 Å². The van der Waals surface area contributed by atoms with E-state index in [1.54, 1.807) is 13.0 Å². The second-order valence-corrected chi connectivity index (χ2v) is 8.34. The monoisotopic (exact) mass is 489 g/mol. The SMILES string of the molecule is COC(=O)c1cc(NC(=O)CN2C(=O)NC(C)(c3ccc4ccccc4c3)C2=O)cc(C(=O)OC)c1. The molecule has 10 nitrogen and oxygen atoms in total. The topological polar surface area (TPSA) is 131 Å². The first kappa shape index (κ1) is 24.4. The molecule has 10 heteroatoms. The molecule has 0 bridgehead atoms. The minimum atomic E-state index is -1.36. The molecular formula is C26H23N3O7. The van der Waals surface area contributed by atoms with Crippen molar-refractivity contribution >= 4 is 46.2 Å². The van der Waals surface area contributed by atoms with Crippen LogP contribution in [0.5, 0.6) is 0 Å². The number of esters is 2. The summed E-state index contributed by atoms with van der Waals surface area (Å²) in [5, 5.41) is 7.08. The third kappa shape index (κ3) is 4.48. The Kier molecular flexibility index (Phi) is 6.43. The Morgan fingerprint density at radius 3 is 2.11 bits per heavy atom. The van der Waals surface area contributed by atoms with Gasteiger partial charge >= 0.3 is 18.0 Å². The zero-order valence-corrected chi connectivity index (χ0v) is 19.8. The minimum Gasteiger partial charge on any atom is -0.465 e. The van der Waals surface area contributed by atoms with Gasteiger partial charge in [-0.15, -0.1) is 0 Å². The lowest BCUT2D eigenvalue weighted by Gasteiger charge is -2.22. The summed E-state index contributed by atoms with van der Waals surface area (Å²) in [7, 11) is 2.35. The number of nitrogens with zero attached hydrogens (tertiary/aromatic N) is 1. The van der Waals surface area contributed by atoms with E-state index in [2.05, 4.69) is 20.1 Å². The van der Waals surface area contributed by atoms with E-state index in [-0.39, 0.29) is 16.8 Å². The number of amides is 4. The summed E-state index contributed by atoms with van der Waals surface area (Å²) in [5.74, 6) is -2.75. The van der Waals surface area contributed by atoms with Crippen LogP contribution in [-0.4, -0.2) is 55.4 Å². The van der Waals surface area contributed by atoms with Crippen LogP contribution in [-0.2, 0) is 24.6 Å². The van der Waals surface area contributed by atoms with E-state index >= 15 is 0 Å². The standard InChI is InChI=1S/C26H23N3O7/c1-26(19-9-8-15-6-4-5-7-16(15)11-19)24(33)29(25(34)28-26)14-21(30)27-20-12-17(22(31)35-2)10-18(13-20)23(32)36-3/h4-13H,14H2,1-3H3,(H,27,30)(H,28,34). The molecule has 0 aliphatic carbocycles. The van der Waals surface area contributed by atoms with Gasteiger partial charge in [0.1, 0.15) is 12.1 Å². The summed E-state index contributed by atoms with van der Waals surface area (Å²) in [4.78, 5) is 63.5. The molecule has 0 radical (unpaired) electrons. The number of hydrogen-bond acceptors (Lipinski definition) is 7. The fraction of sp³-hybridized carbons (Fsp3) is 0.192. The predicted octanol–water partition coefficient (Wildman–Crippen LogP) is 2.82. The number of nitrogens with one attached hydrogen (secondary N) is 2. The molecule has 1 heterocycles. The van der Waals surface area contributed by atoms with Crippen LogP contribution in [0.15, 0.2) is 60.7 Å². The number of hydrogen-bond donors (Lipinski definition) is 2. The van der Waals surface area contributed by atoms with Gasteiger partial charge in [-0.25, -0.2) is 14.4 Å². The van der Waals surface area contributed by atoms with Gasteiger partial charge in [-0.1, -0.05) is 36.4 Å². The molecule has 184 valence electrons. The Balaban J connectivity index is 1.55. The number of carbonyl (C=O) groups excluding carboxylic acids is 5. The van der Waals surface area contributed by atoms with Crippen LogP contribution in [0.25, 0.3) is 10.8 Å². The summed E-state index contributed by atoms with van der Waals surface area (Å²) in [6, 6.07) is 16.2. The molecule has 4 amide bonds. The second kappa shape index (κ2) is 9.49. The Bertz CT molecular complexity index is 1380. The molecule has 0 saturated carbocycles. The number of benzene rings is 3. The molecular weight excluding hydrogens is 466 g/mol. The van der Waals surface area contributed by atoms with Gasteiger partial charge in [0.25, 0.3) is 5.91 Å². The van der Waals surface area contributed by atoms with E-state index < -0.39 is 41.9 Å². The van der Waals surface area contributed by atoms with E-state index in [1.807, 2.05) is 36.4 Å². The molecule has 3 aromatic carbocycles. The van der Waals surface area contributed by atoms with Crippen LogP contribution >= 0.6 is 0 Å². The van der Waals surface area contributed by atoms with Crippen molar-refractivity contribution in [2.24, 2.45) is 0 Å². The molecule has 2 N–H and O–H groups in total. The van der Waals surface area contributed by atoms with E-state index in [1.165, 1.54) is 32.4 Å². The molecule has 0 aromatic heterocycles. The third-order valence-corrected chi connectivity index (χ3v) is 5.96. The first-order chi connectivity index (χ1) is 17.2. The van der Waals surface area contributed by atoms with Crippen LogP contribution in [0.4, 0.5) is 10.5 Å². The van der Waals surface area contributed by atoms with Gasteiger partial charge in [-0.2, -0.15) is 0 Å². The molecule has 0 spiro atoms. The highest BCUT2D eigenvalue weighted by atomic mass is 16.5. The van der Waals surface area contributed by atoms with Crippen molar-refractivity contribution in [2.75, 3.05) is 26.1 Å². The fourth-order valence-electron chi connectivity index (χ4n) is 4.05. The number of fused-ring (bicyclic) bond motifs is 1. The summed E-state index contributed by atoms with van der Waals surface area (Å²) < 4.78 is 9.36. The van der Waals surface area contributed by atoms with Crippen molar-refractivity contribution in [3.63, 3.8) is 0 Å². The zero-order chi connectivity index (χ0) is 26.0. The van der Waals surface area contributed by atoms with Gasteiger partial charge in [0.2, 0.25) is 5.91 Å². The second-order valence-electron chi connectivity index (χ2n) is 8.34. The minimum absolute atomic E-state index is 0.00886. The maximum atomic E-state index is 13.3. The molecule has 1 aliphatic heterocycles. The van der Waals surface area contributed by atoms with Gasteiger partial charge in [0.15, 0.2) is 0 Å². The van der Waals surface area contributed by atoms with Gasteiger partial charge in [0.05, 0.1) is 25.3 Å². The Hall–Kier alpha value is -4.73. The Morgan fingerprint density at radius 2 is 1.50 bits per heavy atom. The van der Waals surface area contributed by atoms with E-state index in [9.17, 15) is 24.0 Å². The third-order valence-electron chi connectivity index (χ3n) is 5.96. The average Bonchev–Trinajstić information content (AvgIpc) is 3.10. The Morgan fingerprint density at radius 1 is 0.889 bits per heavy atom. The number of anilines is 1. The molecule has 36 heavy (non-hydrogen) atoms. The van der Waals surface area contributed by atoms with Crippen molar-refractivity contribution in [1.82, 2.24) is 10.2 Å². The predicted molar refractivity (Wildman–Crippen MR) is 129 cm³/mol. The summed E-state index contributed by atoms with van der Waals surface area (Å²) in [6.07, 6.45) is 0. The Labute approximate surface area is 206 Å². The highest BCUT2D eigenvalue weighted by Gasteiger charge is 2.49. The van der Waals surface area contributed by atoms with Gasteiger partial charge in [-0.3, -0.25) is 14.5 Å². The molecule has 1 fully saturated rings. The van der Waals surface area contributed by atoms with Crippen LogP contribution in [0, 0.1) is 0 Å². The van der Waals surface area contributed by atoms with Crippen molar-refractivity contribution in [1.29, 1.82) is 0 Å². The van der Waals surface area contributed by atoms with E-state index in [0.29, 0.717) is 5.56 Å². The lowest BCUT2D eigenvalue weighted by Crippen LogP contribution is -2.42. The quantitative estimate of drug-likeness (QED) is 0.402. The summed E-state index contributed by atoms with van der Waals surface area (Å²) in [5.41, 5.74) is -0.669. The first-order valence-electron chi connectivity index (χ1n) is 10.9. The number of ether oxygens (including phenoxy) is 2.